The molecule has 1 saturated heterocycles. The number of hydrogen-bond donors (Lipinski definition) is 1. The van der Waals surface area contributed by atoms with Crippen molar-refractivity contribution in [1.29, 1.82) is 0 Å². The summed E-state index contributed by atoms with van der Waals surface area (Å²) in [4.78, 5) is 17.5. The van der Waals surface area contributed by atoms with Crippen LogP contribution in [0.3, 0.4) is 0 Å². The maximum Gasteiger partial charge on any atom is 0.246 e. The molecule has 0 aliphatic carbocycles. The monoisotopic (exact) mass is 385 g/mol. The highest BCUT2D eigenvalue weighted by Gasteiger charge is 2.22. The van der Waals surface area contributed by atoms with E-state index in [1.807, 2.05) is 34.6 Å². The first-order chi connectivity index (χ1) is 12.7. The fraction of sp³-hybridized carbons (Fsp3) is 0.263. The predicted octanol–water partition coefficient (Wildman–Crippen LogP) is 3.21. The van der Waals surface area contributed by atoms with Crippen LogP contribution in [0.25, 0.3) is 16.2 Å². The average Bonchev–Trinajstić information content (AvgIpc) is 3.33. The Morgan fingerprint density at radius 1 is 1.23 bits per heavy atom. The maximum absolute atomic E-state index is 12.4. The zero-order chi connectivity index (χ0) is 17.9. The molecule has 1 aliphatic heterocycles. The van der Waals surface area contributed by atoms with Gasteiger partial charge in [-0.25, -0.2) is 0 Å². The highest BCUT2D eigenvalue weighted by Crippen LogP contribution is 2.29. The van der Waals surface area contributed by atoms with Gasteiger partial charge in [0.1, 0.15) is 5.82 Å². The summed E-state index contributed by atoms with van der Waals surface area (Å²) in [6.07, 6.45) is 3.45. The van der Waals surface area contributed by atoms with E-state index in [1.165, 1.54) is 33.0 Å². The van der Waals surface area contributed by atoms with E-state index in [0.717, 1.165) is 29.3 Å². The van der Waals surface area contributed by atoms with Crippen molar-refractivity contribution in [2.45, 2.75) is 6.61 Å². The van der Waals surface area contributed by atoms with E-state index in [9.17, 15) is 4.79 Å². The zero-order valence-corrected chi connectivity index (χ0v) is 15.8. The highest BCUT2D eigenvalue weighted by molar-refractivity contribution is 7.13. The van der Waals surface area contributed by atoms with Crippen LogP contribution in [0.15, 0.2) is 41.8 Å². The average molecular weight is 386 g/mol. The molecular formula is C19H19N3O2S2. The summed E-state index contributed by atoms with van der Waals surface area (Å²) >= 11 is 3.05. The Kier molecular flexibility index (Phi) is 5.01. The van der Waals surface area contributed by atoms with Gasteiger partial charge >= 0.3 is 0 Å². The number of nitrogens with zero attached hydrogens (tertiary/aromatic N) is 3. The second kappa shape index (κ2) is 7.57. The topological polar surface area (TPSA) is 56.7 Å². The van der Waals surface area contributed by atoms with Crippen LogP contribution in [0, 0.1) is 0 Å². The number of hydrogen-bond acceptors (Lipinski definition) is 6. The summed E-state index contributed by atoms with van der Waals surface area (Å²) < 4.78 is 5.80. The first kappa shape index (κ1) is 17.2. The Bertz CT molecular complexity index is 939. The number of amides is 1. The quantitative estimate of drug-likeness (QED) is 0.701. The number of fused-ring (bicyclic) bond motifs is 1. The molecule has 26 heavy (non-hydrogen) atoms. The Morgan fingerprint density at radius 2 is 2.04 bits per heavy atom. The molecule has 1 aliphatic rings. The summed E-state index contributed by atoms with van der Waals surface area (Å²) in [5, 5.41) is 12.2. The summed E-state index contributed by atoms with van der Waals surface area (Å²) in [5.41, 5.74) is 0.881. The molecule has 2 aromatic heterocycles. The van der Waals surface area contributed by atoms with Crippen molar-refractivity contribution >= 4 is 50.8 Å². The Balaban J connectivity index is 1.37. The number of thiophene rings is 1. The van der Waals surface area contributed by atoms with Crippen molar-refractivity contribution in [3.63, 3.8) is 0 Å². The number of aliphatic hydroxyl groups excluding tert-OH is 1. The second-order valence-electron chi connectivity index (χ2n) is 6.16. The molecule has 5 nitrogen and oxygen atoms in total. The first-order valence-electron chi connectivity index (χ1n) is 8.49. The molecule has 3 aromatic rings. The van der Waals surface area contributed by atoms with E-state index in [4.69, 9.17) is 5.11 Å². The third kappa shape index (κ3) is 3.51. The number of piperazine rings is 1. The first-order valence-corrected chi connectivity index (χ1v) is 10.1. The molecule has 1 fully saturated rings. The number of carbonyl (C=O) groups excluding carboxylic acids is 1. The van der Waals surface area contributed by atoms with E-state index in [0.29, 0.717) is 13.1 Å². The summed E-state index contributed by atoms with van der Waals surface area (Å²) in [7, 11) is 0. The van der Waals surface area contributed by atoms with Crippen molar-refractivity contribution in [2.75, 3.05) is 31.1 Å². The van der Waals surface area contributed by atoms with E-state index in [1.54, 1.807) is 6.08 Å². The van der Waals surface area contributed by atoms with Crippen molar-refractivity contribution in [3.8, 4) is 0 Å². The van der Waals surface area contributed by atoms with Gasteiger partial charge < -0.3 is 14.9 Å². The molecule has 0 unspecified atom stereocenters. The van der Waals surface area contributed by atoms with Gasteiger partial charge in [-0.15, -0.1) is 11.3 Å². The van der Waals surface area contributed by atoms with Gasteiger partial charge in [0.05, 0.1) is 11.3 Å². The largest absolute Gasteiger partial charge is 0.392 e. The van der Waals surface area contributed by atoms with E-state index in [2.05, 4.69) is 21.4 Å². The van der Waals surface area contributed by atoms with Gasteiger partial charge in [-0.05, 0) is 46.8 Å². The van der Waals surface area contributed by atoms with Crippen LogP contribution in [0.5, 0.6) is 0 Å². The third-order valence-corrected chi connectivity index (χ3v) is 6.26. The number of aromatic nitrogens is 1. The molecule has 0 spiro atoms. The molecule has 4 rings (SSSR count). The lowest BCUT2D eigenvalue weighted by atomic mass is 10.2. The number of anilines is 1. The number of rotatable bonds is 4. The molecular weight excluding hydrogens is 366 g/mol. The lowest BCUT2D eigenvalue weighted by molar-refractivity contribution is -0.126. The molecule has 0 atom stereocenters. The van der Waals surface area contributed by atoms with Gasteiger partial charge in [-0.2, -0.15) is 4.37 Å². The molecule has 0 saturated carbocycles. The summed E-state index contributed by atoms with van der Waals surface area (Å²) in [6, 6.07) is 10.2. The number of carbonyl (C=O) groups is 1. The standard InChI is InChI=1S/C19H19N3O2S2/c23-12-14-11-15(25-13-14)5-6-18(24)21-7-9-22(10-8-21)19-16-3-1-2-4-17(16)26-20-19/h1-6,11,13,23H,7-10,12H2. The Morgan fingerprint density at radius 3 is 2.81 bits per heavy atom. The second-order valence-corrected chi connectivity index (χ2v) is 7.91. The summed E-state index contributed by atoms with van der Waals surface area (Å²) in [6.45, 7) is 3.01. The van der Waals surface area contributed by atoms with Crippen molar-refractivity contribution < 1.29 is 9.90 Å². The van der Waals surface area contributed by atoms with Crippen LogP contribution in [-0.4, -0.2) is 46.5 Å². The molecule has 1 amide bonds. The smallest absolute Gasteiger partial charge is 0.246 e. The van der Waals surface area contributed by atoms with Crippen LogP contribution in [0.4, 0.5) is 5.82 Å². The number of benzene rings is 1. The molecule has 1 aromatic carbocycles. The lowest BCUT2D eigenvalue weighted by Gasteiger charge is -2.34. The van der Waals surface area contributed by atoms with Crippen LogP contribution in [0.1, 0.15) is 10.4 Å². The molecule has 0 bridgehead atoms. The molecule has 3 heterocycles. The third-order valence-electron chi connectivity index (χ3n) is 4.50. The Labute approximate surface area is 160 Å². The fourth-order valence-corrected chi connectivity index (χ4v) is 4.65. The minimum atomic E-state index is 0.0333. The number of aliphatic hydroxyl groups is 1. The highest BCUT2D eigenvalue weighted by atomic mass is 32.1. The fourth-order valence-electron chi connectivity index (χ4n) is 3.06. The molecule has 0 radical (unpaired) electrons. The zero-order valence-electron chi connectivity index (χ0n) is 14.2. The lowest BCUT2D eigenvalue weighted by Crippen LogP contribution is -2.48. The Hall–Kier alpha value is -2.22. The SMILES string of the molecule is O=C(C=Cc1cc(CO)cs1)N1CCN(c2nsc3ccccc23)CC1. The van der Waals surface area contributed by atoms with E-state index >= 15 is 0 Å². The van der Waals surface area contributed by atoms with E-state index < -0.39 is 0 Å². The van der Waals surface area contributed by atoms with Gasteiger partial charge in [0.15, 0.2) is 0 Å². The van der Waals surface area contributed by atoms with Crippen LogP contribution < -0.4 is 4.90 Å². The van der Waals surface area contributed by atoms with Crippen LogP contribution >= 0.6 is 22.9 Å². The van der Waals surface area contributed by atoms with Crippen molar-refractivity contribution in [3.05, 3.63) is 52.2 Å². The normalized spacial score (nSPS) is 15.3. The van der Waals surface area contributed by atoms with Crippen molar-refractivity contribution in [2.24, 2.45) is 0 Å². The van der Waals surface area contributed by atoms with Gasteiger partial charge in [-0.3, -0.25) is 4.79 Å². The molecule has 7 heteroatoms. The molecule has 1 N–H and O–H groups in total. The minimum absolute atomic E-state index is 0.0333. The van der Waals surface area contributed by atoms with E-state index in [-0.39, 0.29) is 12.5 Å². The van der Waals surface area contributed by atoms with Gasteiger partial charge in [0.2, 0.25) is 5.91 Å². The maximum atomic E-state index is 12.4. The van der Waals surface area contributed by atoms with Crippen LogP contribution in [0.2, 0.25) is 0 Å². The van der Waals surface area contributed by atoms with Gasteiger partial charge in [0, 0.05) is 42.5 Å². The predicted molar refractivity (Wildman–Crippen MR) is 108 cm³/mol. The van der Waals surface area contributed by atoms with Gasteiger partial charge in [0.25, 0.3) is 0 Å². The van der Waals surface area contributed by atoms with Gasteiger partial charge in [-0.1, -0.05) is 12.1 Å². The van der Waals surface area contributed by atoms with Crippen molar-refractivity contribution in [1.82, 2.24) is 9.27 Å². The minimum Gasteiger partial charge on any atom is -0.392 e. The summed E-state index contributed by atoms with van der Waals surface area (Å²) in [5.74, 6) is 1.06. The molecule has 134 valence electrons. The van der Waals surface area contributed by atoms with Crippen LogP contribution in [-0.2, 0) is 11.4 Å².